The molecule has 0 fully saturated rings. The summed E-state index contributed by atoms with van der Waals surface area (Å²) in [6.45, 7) is 0. The molecule has 0 amide bonds. The van der Waals surface area contributed by atoms with Gasteiger partial charge in [0, 0.05) is 11.6 Å². The number of nitrogens with zero attached hydrogens (tertiary/aromatic N) is 1. The number of benzene rings is 2. The predicted octanol–water partition coefficient (Wildman–Crippen LogP) is 4.13. The molecule has 1 aromatic heterocycles. The molecule has 2 aromatic carbocycles. The molecule has 2 atom stereocenters. The summed E-state index contributed by atoms with van der Waals surface area (Å²) < 4.78 is 25.9. The Morgan fingerprint density at radius 1 is 0.952 bits per heavy atom. The number of halogens is 2. The van der Waals surface area contributed by atoms with E-state index in [0.717, 1.165) is 0 Å². The van der Waals surface area contributed by atoms with Crippen molar-refractivity contribution in [3.63, 3.8) is 0 Å². The van der Waals surface area contributed by atoms with Gasteiger partial charge in [0.25, 0.3) is 0 Å². The highest BCUT2D eigenvalue weighted by Crippen LogP contribution is 2.33. The Morgan fingerprint density at radius 3 is 2.33 bits per heavy atom. The summed E-state index contributed by atoms with van der Waals surface area (Å²) >= 11 is 6.16. The van der Waals surface area contributed by atoms with Crippen molar-refractivity contribution in [3.8, 4) is 0 Å². The van der Waals surface area contributed by atoms with Crippen LogP contribution in [0.5, 0.6) is 0 Å². The molecule has 0 N–H and O–H groups in total. The van der Waals surface area contributed by atoms with Crippen LogP contribution in [0.3, 0.4) is 0 Å². The third-order valence-corrected chi connectivity index (χ3v) is 5.81. The molecule has 0 saturated carbocycles. The van der Waals surface area contributed by atoms with E-state index in [2.05, 4.69) is 0 Å². The Morgan fingerprint density at radius 2 is 1.67 bits per heavy atom. The van der Waals surface area contributed by atoms with Crippen LogP contribution in [-0.2, 0) is 21.0 Å². The zero-order valence-corrected chi connectivity index (χ0v) is 13.7. The fourth-order valence-corrected chi connectivity index (χ4v) is 4.55. The predicted molar refractivity (Wildman–Crippen MR) is 87.5 cm³/mol. The van der Waals surface area contributed by atoms with Crippen LogP contribution >= 0.6 is 22.3 Å². The molecule has 3 nitrogen and oxygen atoms in total. The third kappa shape index (κ3) is 2.66. The second-order valence-corrected chi connectivity index (χ2v) is 7.74. The summed E-state index contributed by atoms with van der Waals surface area (Å²) in [5.74, 6) is 0. The maximum absolute atomic E-state index is 12.7. The van der Waals surface area contributed by atoms with E-state index >= 15 is 0 Å². The van der Waals surface area contributed by atoms with Crippen molar-refractivity contribution in [3.05, 3.63) is 59.8 Å². The number of fused-ring (bicyclic) bond motifs is 1. The minimum absolute atomic E-state index is 0.363. The maximum Gasteiger partial charge on any atom is 0.157 e. The van der Waals surface area contributed by atoms with Gasteiger partial charge in [-0.05, 0) is 34.9 Å². The lowest BCUT2D eigenvalue weighted by molar-refractivity contribution is 0.678. The van der Waals surface area contributed by atoms with Crippen LogP contribution < -0.4 is 0 Å². The monoisotopic (exact) mass is 357 g/mol. The summed E-state index contributed by atoms with van der Waals surface area (Å²) in [5, 5.41) is 0.997. The van der Waals surface area contributed by atoms with Crippen LogP contribution in [-0.4, -0.2) is 12.4 Å². The normalized spacial score (nSPS) is 14.2. The first-order valence-corrected chi connectivity index (χ1v) is 9.40. The Labute approximate surface area is 136 Å². The molecule has 0 aliphatic heterocycles. The minimum atomic E-state index is -1.73. The smallest absolute Gasteiger partial charge is 0.157 e. The van der Waals surface area contributed by atoms with Gasteiger partial charge in [-0.25, -0.2) is 8.42 Å². The molecule has 21 heavy (non-hydrogen) atoms. The first-order valence-electron chi connectivity index (χ1n) is 5.94. The molecule has 1 heterocycles. The zero-order valence-electron chi connectivity index (χ0n) is 10.5. The van der Waals surface area contributed by atoms with Crippen LogP contribution in [0.2, 0.25) is 5.02 Å². The van der Waals surface area contributed by atoms with Crippen molar-refractivity contribution in [1.82, 2.24) is 3.97 Å². The summed E-state index contributed by atoms with van der Waals surface area (Å²) in [6, 6.07) is 14.2. The Hall–Kier alpha value is -1.14. The van der Waals surface area contributed by atoms with Gasteiger partial charge in [0.1, 0.15) is 10.0 Å². The van der Waals surface area contributed by atoms with Crippen LogP contribution in [0.1, 0.15) is 0 Å². The molecule has 108 valence electrons. The van der Waals surface area contributed by atoms with Gasteiger partial charge in [0.15, 0.2) is 11.0 Å². The highest BCUT2D eigenvalue weighted by Gasteiger charge is 2.18. The van der Waals surface area contributed by atoms with Gasteiger partial charge in [0.2, 0.25) is 0 Å². The van der Waals surface area contributed by atoms with E-state index in [1.54, 1.807) is 30.3 Å². The second kappa shape index (κ2) is 5.93. The number of rotatable bonds is 3. The van der Waals surface area contributed by atoms with Crippen LogP contribution in [0.4, 0.5) is 0 Å². The Balaban J connectivity index is 2.27. The van der Waals surface area contributed by atoms with Gasteiger partial charge in [-0.15, -0.1) is 0 Å². The summed E-state index contributed by atoms with van der Waals surface area (Å²) in [7, 11) is 2.53. The van der Waals surface area contributed by atoms with E-state index in [-0.39, 0.29) is 0 Å². The molecule has 3 rings (SSSR count). The molecule has 0 radical (unpaired) electrons. The lowest BCUT2D eigenvalue weighted by atomic mass is 10.2. The first kappa shape index (κ1) is 14.8. The van der Waals surface area contributed by atoms with Crippen molar-refractivity contribution >= 4 is 54.2 Å². The van der Waals surface area contributed by atoms with E-state index in [0.29, 0.717) is 25.7 Å². The topological polar surface area (TPSA) is 39.1 Å². The molecule has 0 spiro atoms. The molecular weight excluding hydrogens is 349 g/mol. The van der Waals surface area contributed by atoms with Crippen molar-refractivity contribution < 1.29 is 8.42 Å². The van der Waals surface area contributed by atoms with Crippen molar-refractivity contribution in [1.29, 1.82) is 0 Å². The maximum atomic E-state index is 12.7. The third-order valence-electron chi connectivity index (χ3n) is 3.01. The zero-order chi connectivity index (χ0) is 15.0. The van der Waals surface area contributed by atoms with Gasteiger partial charge in [-0.2, -0.15) is 0 Å². The van der Waals surface area contributed by atoms with E-state index in [4.69, 9.17) is 22.3 Å². The fraction of sp³-hybridized carbons (Fsp3) is 0. The van der Waals surface area contributed by atoms with Crippen LogP contribution in [0.15, 0.2) is 64.5 Å². The van der Waals surface area contributed by atoms with Crippen molar-refractivity contribution in [2.45, 2.75) is 9.79 Å². The summed E-state index contributed by atoms with van der Waals surface area (Å²) in [6.07, 6.45) is 1.53. The van der Waals surface area contributed by atoms with E-state index < -0.39 is 21.0 Å². The fourth-order valence-electron chi connectivity index (χ4n) is 2.09. The van der Waals surface area contributed by atoms with E-state index in [1.807, 2.05) is 18.2 Å². The molecule has 0 aliphatic carbocycles. The number of aromatic nitrogens is 1. The SMILES string of the molecule is O=S(Cl)c1cn(S(=O)c2ccccc2)c2cccc(Cl)c12. The second-order valence-electron chi connectivity index (χ2n) is 4.24. The van der Waals surface area contributed by atoms with Crippen LogP contribution in [0.25, 0.3) is 10.9 Å². The highest BCUT2D eigenvalue weighted by atomic mass is 35.7. The van der Waals surface area contributed by atoms with Gasteiger partial charge in [-0.3, -0.25) is 3.97 Å². The van der Waals surface area contributed by atoms with Crippen molar-refractivity contribution in [2.24, 2.45) is 0 Å². The lowest BCUT2D eigenvalue weighted by Gasteiger charge is -2.05. The average molecular weight is 358 g/mol. The number of hydrogen-bond acceptors (Lipinski definition) is 2. The summed E-state index contributed by atoms with van der Waals surface area (Å²) in [4.78, 5) is 1.00. The average Bonchev–Trinajstić information content (AvgIpc) is 2.88. The Bertz CT molecular complexity index is 862. The van der Waals surface area contributed by atoms with Gasteiger partial charge < -0.3 is 0 Å². The summed E-state index contributed by atoms with van der Waals surface area (Å²) in [5.41, 5.74) is 0.633. The van der Waals surface area contributed by atoms with Gasteiger partial charge in [-0.1, -0.05) is 35.9 Å². The van der Waals surface area contributed by atoms with Gasteiger partial charge in [0.05, 0.1) is 20.3 Å². The standard InChI is InChI=1S/C14H9Cl2NO2S2/c15-11-7-4-8-12-14(11)13(20(16)18)9-17(12)21(19)10-5-2-1-3-6-10/h1-9H. The van der Waals surface area contributed by atoms with Crippen LogP contribution in [0, 0.1) is 0 Å². The van der Waals surface area contributed by atoms with E-state index in [9.17, 15) is 8.42 Å². The first-order chi connectivity index (χ1) is 10.1. The quantitative estimate of drug-likeness (QED) is 0.661. The largest absolute Gasteiger partial charge is 0.261 e. The minimum Gasteiger partial charge on any atom is -0.261 e. The van der Waals surface area contributed by atoms with Gasteiger partial charge >= 0.3 is 0 Å². The van der Waals surface area contributed by atoms with E-state index in [1.165, 1.54) is 10.2 Å². The Kier molecular flexibility index (Phi) is 4.17. The number of hydrogen-bond donors (Lipinski definition) is 0. The molecule has 0 aliphatic rings. The highest BCUT2D eigenvalue weighted by molar-refractivity contribution is 8.08. The molecule has 0 saturated heterocycles. The molecule has 3 aromatic rings. The molecule has 7 heteroatoms. The lowest BCUT2D eigenvalue weighted by Crippen LogP contribution is -2.03. The van der Waals surface area contributed by atoms with Crippen molar-refractivity contribution in [2.75, 3.05) is 0 Å². The molecular formula is C14H9Cl2NO2S2. The molecule has 2 unspecified atom stereocenters. The molecule has 0 bridgehead atoms.